The molecule has 0 amide bonds. The summed E-state index contributed by atoms with van der Waals surface area (Å²) in [7, 11) is 0. The zero-order valence-electron chi connectivity index (χ0n) is 11.3. The van der Waals surface area contributed by atoms with E-state index in [1.165, 1.54) is 25.7 Å². The van der Waals surface area contributed by atoms with Gasteiger partial charge in [-0.3, -0.25) is 0 Å². The van der Waals surface area contributed by atoms with Gasteiger partial charge in [-0.15, -0.1) is 0 Å². The minimum Gasteiger partial charge on any atom is -0.336 e. The Hall–Kier alpha value is -1.06. The van der Waals surface area contributed by atoms with Gasteiger partial charge in [-0.2, -0.15) is 4.98 Å². The normalized spacial score (nSPS) is 20.8. The molecule has 0 unspecified atom stereocenters. The van der Waals surface area contributed by atoms with Crippen LogP contribution in [0.5, 0.6) is 0 Å². The average Bonchev–Trinajstić information content (AvgIpc) is 2.65. The number of nitrogens with one attached hydrogen (secondary N) is 1. The summed E-state index contributed by atoms with van der Waals surface area (Å²) in [5.41, 5.74) is 0.485. The van der Waals surface area contributed by atoms with Crippen LogP contribution in [0.2, 0.25) is 0 Å². The van der Waals surface area contributed by atoms with Gasteiger partial charge in [0.2, 0.25) is 0 Å². The molecular weight excluding hydrogens is 214 g/mol. The summed E-state index contributed by atoms with van der Waals surface area (Å²) in [5, 5.41) is 7.23. The minimum atomic E-state index is 0.327. The SMILES string of the molecule is CC(C)Nc1nc(C2CCC(C)(C)CC2)no1. The minimum absolute atomic E-state index is 0.327. The summed E-state index contributed by atoms with van der Waals surface area (Å²) in [5.74, 6) is 1.36. The molecule has 4 heteroatoms. The lowest BCUT2D eigenvalue weighted by molar-refractivity contribution is 0.218. The summed E-state index contributed by atoms with van der Waals surface area (Å²) in [4.78, 5) is 4.43. The summed E-state index contributed by atoms with van der Waals surface area (Å²) < 4.78 is 5.21. The monoisotopic (exact) mass is 237 g/mol. The van der Waals surface area contributed by atoms with E-state index in [1.807, 2.05) is 0 Å². The second kappa shape index (κ2) is 4.67. The van der Waals surface area contributed by atoms with Crippen molar-refractivity contribution in [3.63, 3.8) is 0 Å². The average molecular weight is 237 g/mol. The lowest BCUT2D eigenvalue weighted by Crippen LogP contribution is -2.20. The lowest BCUT2D eigenvalue weighted by Gasteiger charge is -2.32. The Morgan fingerprint density at radius 2 is 1.94 bits per heavy atom. The van der Waals surface area contributed by atoms with E-state index in [0.29, 0.717) is 23.4 Å². The Morgan fingerprint density at radius 3 is 2.53 bits per heavy atom. The molecule has 0 radical (unpaired) electrons. The molecule has 1 saturated carbocycles. The molecule has 0 atom stereocenters. The van der Waals surface area contributed by atoms with Crippen LogP contribution >= 0.6 is 0 Å². The van der Waals surface area contributed by atoms with E-state index in [1.54, 1.807) is 0 Å². The Morgan fingerprint density at radius 1 is 1.29 bits per heavy atom. The maximum Gasteiger partial charge on any atom is 0.321 e. The van der Waals surface area contributed by atoms with Gasteiger partial charge in [0.1, 0.15) is 0 Å². The molecule has 0 bridgehead atoms. The van der Waals surface area contributed by atoms with E-state index in [2.05, 4.69) is 43.2 Å². The number of nitrogens with zero attached hydrogens (tertiary/aromatic N) is 2. The van der Waals surface area contributed by atoms with E-state index < -0.39 is 0 Å². The standard InChI is InChI=1S/C13H23N3O/c1-9(2)14-12-15-11(16-17-12)10-5-7-13(3,4)8-6-10/h9-10H,5-8H2,1-4H3,(H,14,15,16). The Kier molecular flexibility index (Phi) is 3.40. The van der Waals surface area contributed by atoms with E-state index in [4.69, 9.17) is 4.52 Å². The maximum atomic E-state index is 5.21. The summed E-state index contributed by atoms with van der Waals surface area (Å²) in [6.45, 7) is 8.80. The number of anilines is 1. The Bertz CT molecular complexity index is 360. The van der Waals surface area contributed by atoms with Crippen molar-refractivity contribution in [3.8, 4) is 0 Å². The van der Waals surface area contributed by atoms with Gasteiger partial charge in [-0.25, -0.2) is 0 Å². The van der Waals surface area contributed by atoms with E-state index in [0.717, 1.165) is 5.82 Å². The number of hydrogen-bond donors (Lipinski definition) is 1. The van der Waals surface area contributed by atoms with Crippen LogP contribution in [-0.4, -0.2) is 16.2 Å². The molecular formula is C13H23N3O. The molecule has 4 nitrogen and oxygen atoms in total. The van der Waals surface area contributed by atoms with Crippen molar-refractivity contribution in [2.75, 3.05) is 5.32 Å². The predicted molar refractivity (Wildman–Crippen MR) is 68.0 cm³/mol. The molecule has 2 rings (SSSR count). The highest BCUT2D eigenvalue weighted by Crippen LogP contribution is 2.41. The molecule has 1 N–H and O–H groups in total. The van der Waals surface area contributed by atoms with Gasteiger partial charge >= 0.3 is 6.01 Å². The van der Waals surface area contributed by atoms with Gasteiger partial charge in [-0.1, -0.05) is 19.0 Å². The highest BCUT2D eigenvalue weighted by Gasteiger charge is 2.30. The lowest BCUT2D eigenvalue weighted by atomic mass is 9.73. The van der Waals surface area contributed by atoms with Crippen LogP contribution in [0.25, 0.3) is 0 Å². The molecule has 96 valence electrons. The van der Waals surface area contributed by atoms with Gasteiger partial charge in [0.05, 0.1) is 0 Å². The van der Waals surface area contributed by atoms with Gasteiger partial charge < -0.3 is 9.84 Å². The van der Waals surface area contributed by atoms with Crippen LogP contribution in [0, 0.1) is 5.41 Å². The molecule has 1 aliphatic carbocycles. The summed E-state index contributed by atoms with van der Waals surface area (Å²) in [6.07, 6.45) is 4.85. The molecule has 17 heavy (non-hydrogen) atoms. The molecule has 0 aromatic carbocycles. The highest BCUT2D eigenvalue weighted by molar-refractivity contribution is 5.20. The third-order valence-corrected chi connectivity index (χ3v) is 3.56. The van der Waals surface area contributed by atoms with Crippen molar-refractivity contribution in [1.82, 2.24) is 10.1 Å². The molecule has 1 fully saturated rings. The highest BCUT2D eigenvalue weighted by atomic mass is 16.5. The molecule has 1 heterocycles. The smallest absolute Gasteiger partial charge is 0.321 e. The third kappa shape index (κ3) is 3.20. The first-order valence-corrected chi connectivity index (χ1v) is 6.56. The van der Waals surface area contributed by atoms with E-state index in [9.17, 15) is 0 Å². The van der Waals surface area contributed by atoms with Crippen LogP contribution in [-0.2, 0) is 0 Å². The van der Waals surface area contributed by atoms with E-state index in [-0.39, 0.29) is 0 Å². The zero-order chi connectivity index (χ0) is 12.5. The van der Waals surface area contributed by atoms with Crippen LogP contribution < -0.4 is 5.32 Å². The molecule has 0 aliphatic heterocycles. The largest absolute Gasteiger partial charge is 0.336 e. The molecule has 0 saturated heterocycles. The second-order valence-corrected chi connectivity index (χ2v) is 6.20. The van der Waals surface area contributed by atoms with Crippen molar-refractivity contribution < 1.29 is 4.52 Å². The zero-order valence-corrected chi connectivity index (χ0v) is 11.3. The first-order chi connectivity index (χ1) is 7.96. The Labute approximate surface area is 103 Å². The molecule has 1 aromatic rings. The van der Waals surface area contributed by atoms with Gasteiger partial charge in [-0.05, 0) is 44.9 Å². The first-order valence-electron chi connectivity index (χ1n) is 6.56. The topological polar surface area (TPSA) is 51.0 Å². The van der Waals surface area contributed by atoms with Crippen LogP contribution in [0.4, 0.5) is 6.01 Å². The number of hydrogen-bond acceptors (Lipinski definition) is 4. The summed E-state index contributed by atoms with van der Waals surface area (Å²) in [6, 6.07) is 0.883. The van der Waals surface area contributed by atoms with Gasteiger partial charge in [0.15, 0.2) is 5.82 Å². The van der Waals surface area contributed by atoms with Crippen molar-refractivity contribution in [1.29, 1.82) is 0 Å². The fourth-order valence-electron chi connectivity index (χ4n) is 2.36. The van der Waals surface area contributed by atoms with Crippen LogP contribution in [0.15, 0.2) is 4.52 Å². The van der Waals surface area contributed by atoms with Crippen molar-refractivity contribution in [2.24, 2.45) is 5.41 Å². The van der Waals surface area contributed by atoms with Crippen LogP contribution in [0.1, 0.15) is 65.1 Å². The Balaban J connectivity index is 1.97. The quantitative estimate of drug-likeness (QED) is 0.873. The number of rotatable bonds is 3. The predicted octanol–water partition coefficient (Wildman–Crippen LogP) is 3.57. The molecule has 1 aliphatic rings. The van der Waals surface area contributed by atoms with Crippen molar-refractivity contribution in [2.45, 2.75) is 65.3 Å². The third-order valence-electron chi connectivity index (χ3n) is 3.56. The molecule has 1 aromatic heterocycles. The number of aromatic nitrogens is 2. The van der Waals surface area contributed by atoms with Gasteiger partial charge in [0, 0.05) is 12.0 Å². The van der Waals surface area contributed by atoms with Crippen LogP contribution in [0.3, 0.4) is 0 Å². The fourth-order valence-corrected chi connectivity index (χ4v) is 2.36. The van der Waals surface area contributed by atoms with E-state index >= 15 is 0 Å². The van der Waals surface area contributed by atoms with Gasteiger partial charge in [0.25, 0.3) is 0 Å². The van der Waals surface area contributed by atoms with Crippen molar-refractivity contribution in [3.05, 3.63) is 5.82 Å². The second-order valence-electron chi connectivity index (χ2n) is 6.20. The van der Waals surface area contributed by atoms with Crippen molar-refractivity contribution >= 4 is 6.01 Å². The first kappa shape index (κ1) is 12.4. The maximum absolute atomic E-state index is 5.21. The fraction of sp³-hybridized carbons (Fsp3) is 0.846. The molecule has 0 spiro atoms. The summed E-state index contributed by atoms with van der Waals surface area (Å²) >= 11 is 0.